The van der Waals surface area contributed by atoms with E-state index in [0.717, 1.165) is 24.2 Å². The second kappa shape index (κ2) is 8.61. The fourth-order valence-electron chi connectivity index (χ4n) is 3.71. The Morgan fingerprint density at radius 3 is 2.59 bits per heavy atom. The van der Waals surface area contributed by atoms with Crippen molar-refractivity contribution >= 4 is 15.7 Å². The Morgan fingerprint density at radius 1 is 1.31 bits per heavy atom. The number of benzene rings is 1. The Morgan fingerprint density at radius 2 is 2.00 bits per heavy atom. The standard InChI is InChI=1S/C21H27N3O4S/c1-4-19-20-16(12-24(19)3)10-15(11-22-20)21(26)23-18(13-25)14-6-8-17(9-7-14)29(27,28)5-2/h6-11,18-19,25H,4-5,12-13H2,1-3H3,(H,23,26)/t18-,19?/m0/s1. The molecule has 1 aromatic heterocycles. The first-order chi connectivity index (χ1) is 13.8. The molecule has 0 radical (unpaired) electrons. The molecule has 156 valence electrons. The normalized spacial score (nSPS) is 17.7. The molecule has 2 N–H and O–H groups in total. The van der Waals surface area contributed by atoms with Crippen molar-refractivity contribution in [3.8, 4) is 0 Å². The molecule has 0 spiro atoms. The summed E-state index contributed by atoms with van der Waals surface area (Å²) in [4.78, 5) is 19.7. The molecule has 0 aliphatic carbocycles. The summed E-state index contributed by atoms with van der Waals surface area (Å²) in [5.41, 5.74) is 3.13. The number of nitrogens with one attached hydrogen (secondary N) is 1. The second-order valence-corrected chi connectivity index (χ2v) is 9.57. The molecule has 0 saturated carbocycles. The van der Waals surface area contributed by atoms with E-state index in [1.165, 1.54) is 12.1 Å². The largest absolute Gasteiger partial charge is 0.394 e. The van der Waals surface area contributed by atoms with Gasteiger partial charge in [0.05, 0.1) is 40.6 Å². The zero-order valence-corrected chi connectivity index (χ0v) is 17.7. The summed E-state index contributed by atoms with van der Waals surface area (Å²) in [6.07, 6.45) is 2.53. The number of amides is 1. The SMILES string of the molecule is CCC1c2ncc(C(=O)N[C@@H](CO)c3ccc(S(=O)(=O)CC)cc3)cc2CN1C. The average Bonchev–Trinajstić information content (AvgIpc) is 3.05. The first-order valence-electron chi connectivity index (χ1n) is 9.74. The third-order valence-electron chi connectivity index (χ3n) is 5.43. The fraction of sp³-hybridized carbons (Fsp3) is 0.429. The van der Waals surface area contributed by atoms with Crippen LogP contribution in [0.25, 0.3) is 0 Å². The zero-order chi connectivity index (χ0) is 21.2. The molecule has 2 heterocycles. The molecule has 1 unspecified atom stereocenters. The molecular formula is C21H27N3O4S. The molecule has 0 saturated heterocycles. The highest BCUT2D eigenvalue weighted by Gasteiger charge is 2.28. The number of hydrogen-bond donors (Lipinski definition) is 2. The van der Waals surface area contributed by atoms with E-state index in [9.17, 15) is 18.3 Å². The summed E-state index contributed by atoms with van der Waals surface area (Å²) >= 11 is 0. The van der Waals surface area contributed by atoms with Gasteiger partial charge in [-0.05, 0) is 42.8 Å². The molecule has 8 heteroatoms. The van der Waals surface area contributed by atoms with Crippen LogP contribution >= 0.6 is 0 Å². The summed E-state index contributed by atoms with van der Waals surface area (Å²) in [6.45, 7) is 4.15. The van der Waals surface area contributed by atoms with Crippen LogP contribution in [-0.2, 0) is 16.4 Å². The van der Waals surface area contributed by atoms with Crippen molar-refractivity contribution in [1.82, 2.24) is 15.2 Å². The lowest BCUT2D eigenvalue weighted by Gasteiger charge is -2.18. The minimum Gasteiger partial charge on any atom is -0.394 e. The molecule has 1 aliphatic rings. The third kappa shape index (κ3) is 4.34. The zero-order valence-electron chi connectivity index (χ0n) is 16.9. The predicted octanol–water partition coefficient (Wildman–Crippen LogP) is 2.24. The van der Waals surface area contributed by atoms with E-state index in [1.807, 2.05) is 13.1 Å². The number of aliphatic hydroxyl groups excluding tert-OH is 1. The van der Waals surface area contributed by atoms with E-state index in [-0.39, 0.29) is 29.2 Å². The Balaban J connectivity index is 1.76. The van der Waals surface area contributed by atoms with Crippen LogP contribution in [0.2, 0.25) is 0 Å². The van der Waals surface area contributed by atoms with Crippen molar-refractivity contribution in [3.05, 3.63) is 58.9 Å². The van der Waals surface area contributed by atoms with Gasteiger partial charge in [-0.1, -0.05) is 26.0 Å². The van der Waals surface area contributed by atoms with Crippen LogP contribution in [0.3, 0.4) is 0 Å². The summed E-state index contributed by atoms with van der Waals surface area (Å²) in [7, 11) is -1.25. The number of aromatic nitrogens is 1. The van der Waals surface area contributed by atoms with E-state index in [2.05, 4.69) is 22.1 Å². The number of fused-ring (bicyclic) bond motifs is 1. The van der Waals surface area contributed by atoms with Gasteiger partial charge >= 0.3 is 0 Å². The van der Waals surface area contributed by atoms with E-state index >= 15 is 0 Å². The fourth-order valence-corrected chi connectivity index (χ4v) is 4.60. The average molecular weight is 418 g/mol. The van der Waals surface area contributed by atoms with Crippen molar-refractivity contribution in [2.45, 2.75) is 43.8 Å². The Bertz CT molecular complexity index is 989. The number of pyridine rings is 1. The molecule has 2 aromatic rings. The van der Waals surface area contributed by atoms with Gasteiger partial charge in [0.2, 0.25) is 0 Å². The molecule has 1 aliphatic heterocycles. The van der Waals surface area contributed by atoms with Gasteiger partial charge in [0.15, 0.2) is 9.84 Å². The molecule has 1 amide bonds. The highest BCUT2D eigenvalue weighted by atomic mass is 32.2. The molecule has 3 rings (SSSR count). The summed E-state index contributed by atoms with van der Waals surface area (Å²) in [6, 6.07) is 7.72. The third-order valence-corrected chi connectivity index (χ3v) is 7.18. The maximum Gasteiger partial charge on any atom is 0.253 e. The van der Waals surface area contributed by atoms with Crippen LogP contribution in [0.5, 0.6) is 0 Å². The van der Waals surface area contributed by atoms with Crippen LogP contribution in [0.4, 0.5) is 0 Å². The number of sulfone groups is 1. The summed E-state index contributed by atoms with van der Waals surface area (Å²) in [5, 5.41) is 12.6. The van der Waals surface area contributed by atoms with E-state index in [0.29, 0.717) is 11.1 Å². The lowest BCUT2D eigenvalue weighted by atomic mass is 10.1. The van der Waals surface area contributed by atoms with Gasteiger partial charge < -0.3 is 10.4 Å². The van der Waals surface area contributed by atoms with Gasteiger partial charge in [0.1, 0.15) is 0 Å². The highest BCUT2D eigenvalue weighted by molar-refractivity contribution is 7.91. The first-order valence-corrected chi connectivity index (χ1v) is 11.4. The first kappa shape index (κ1) is 21.4. The number of aliphatic hydroxyl groups is 1. The van der Waals surface area contributed by atoms with Gasteiger partial charge in [-0.25, -0.2) is 8.42 Å². The van der Waals surface area contributed by atoms with Crippen molar-refractivity contribution < 1.29 is 18.3 Å². The Kier molecular flexibility index (Phi) is 6.36. The molecule has 2 atom stereocenters. The minimum absolute atomic E-state index is 0.0198. The number of nitrogens with zero attached hydrogens (tertiary/aromatic N) is 2. The number of carbonyl (C=O) groups excluding carboxylic acids is 1. The number of rotatable bonds is 7. The van der Waals surface area contributed by atoms with Gasteiger partial charge in [-0.2, -0.15) is 0 Å². The lowest BCUT2D eigenvalue weighted by Crippen LogP contribution is -2.31. The quantitative estimate of drug-likeness (QED) is 0.717. The van der Waals surface area contributed by atoms with E-state index in [4.69, 9.17) is 0 Å². The Labute approximate surface area is 171 Å². The lowest BCUT2D eigenvalue weighted by molar-refractivity contribution is 0.0915. The maximum absolute atomic E-state index is 12.7. The van der Waals surface area contributed by atoms with Gasteiger partial charge in [0, 0.05) is 12.7 Å². The van der Waals surface area contributed by atoms with E-state index < -0.39 is 15.9 Å². The summed E-state index contributed by atoms with van der Waals surface area (Å²) in [5.74, 6) is -0.307. The van der Waals surface area contributed by atoms with Gasteiger partial charge in [0.25, 0.3) is 5.91 Å². The monoisotopic (exact) mass is 417 g/mol. The predicted molar refractivity (Wildman–Crippen MR) is 110 cm³/mol. The highest BCUT2D eigenvalue weighted by Crippen LogP contribution is 2.33. The maximum atomic E-state index is 12.7. The molecule has 0 fully saturated rings. The van der Waals surface area contributed by atoms with Crippen molar-refractivity contribution in [1.29, 1.82) is 0 Å². The van der Waals surface area contributed by atoms with E-state index in [1.54, 1.807) is 25.3 Å². The van der Waals surface area contributed by atoms with Crippen LogP contribution in [-0.4, -0.2) is 48.7 Å². The van der Waals surface area contributed by atoms with Gasteiger partial charge in [-0.3, -0.25) is 14.7 Å². The molecule has 7 nitrogen and oxygen atoms in total. The van der Waals surface area contributed by atoms with Crippen molar-refractivity contribution in [2.24, 2.45) is 0 Å². The molecule has 0 bridgehead atoms. The van der Waals surface area contributed by atoms with Crippen LogP contribution in [0.1, 0.15) is 59.5 Å². The topological polar surface area (TPSA) is 99.6 Å². The number of carbonyl (C=O) groups is 1. The van der Waals surface area contributed by atoms with Crippen LogP contribution in [0, 0.1) is 0 Å². The van der Waals surface area contributed by atoms with Crippen LogP contribution < -0.4 is 5.32 Å². The van der Waals surface area contributed by atoms with Crippen molar-refractivity contribution in [3.63, 3.8) is 0 Å². The summed E-state index contributed by atoms with van der Waals surface area (Å²) < 4.78 is 23.9. The Hall–Kier alpha value is -2.29. The minimum atomic E-state index is -3.29. The molecule has 1 aromatic carbocycles. The molecular weight excluding hydrogens is 390 g/mol. The van der Waals surface area contributed by atoms with Crippen molar-refractivity contribution in [2.75, 3.05) is 19.4 Å². The molecule has 29 heavy (non-hydrogen) atoms. The van der Waals surface area contributed by atoms with Crippen LogP contribution in [0.15, 0.2) is 41.4 Å². The number of hydrogen-bond acceptors (Lipinski definition) is 6. The second-order valence-electron chi connectivity index (χ2n) is 7.29. The smallest absolute Gasteiger partial charge is 0.253 e. The van der Waals surface area contributed by atoms with Gasteiger partial charge in [-0.15, -0.1) is 0 Å².